The number of rotatable bonds is 3. The number of hydrogen-bond acceptors (Lipinski definition) is 6. The average Bonchev–Trinajstić information content (AvgIpc) is 2.65. The Labute approximate surface area is 115 Å². The Morgan fingerprint density at radius 2 is 2.32 bits per heavy atom. The quantitative estimate of drug-likeness (QED) is 0.841. The van der Waals surface area contributed by atoms with Crippen LogP contribution in [0.2, 0.25) is 0 Å². The van der Waals surface area contributed by atoms with E-state index in [2.05, 4.69) is 15.3 Å². The zero-order valence-corrected chi connectivity index (χ0v) is 11.7. The highest BCUT2D eigenvalue weighted by molar-refractivity contribution is 8.09. The van der Waals surface area contributed by atoms with Crippen LogP contribution in [0.5, 0.6) is 0 Å². The summed E-state index contributed by atoms with van der Waals surface area (Å²) in [4.78, 5) is 33.1. The lowest BCUT2D eigenvalue weighted by Crippen LogP contribution is -2.23. The van der Waals surface area contributed by atoms with E-state index >= 15 is 0 Å². The van der Waals surface area contributed by atoms with Gasteiger partial charge in [-0.1, -0.05) is 11.8 Å². The number of amides is 1. The number of carbonyl (C=O) groups is 2. The van der Waals surface area contributed by atoms with Crippen molar-refractivity contribution in [3.05, 3.63) is 23.7 Å². The number of hydrogen-bond donors (Lipinski definition) is 1. The summed E-state index contributed by atoms with van der Waals surface area (Å²) in [5, 5.41) is 2.32. The molecule has 6 nitrogen and oxygen atoms in total. The highest BCUT2D eigenvalue weighted by Gasteiger charge is 2.28. The lowest BCUT2D eigenvalue weighted by molar-refractivity contribution is -0.114. The average molecular weight is 278 g/mol. The van der Waals surface area contributed by atoms with Gasteiger partial charge < -0.3 is 9.69 Å². The second-order valence-corrected chi connectivity index (χ2v) is 5.24. The molecule has 1 aliphatic heterocycles. The molecule has 0 aliphatic carbocycles. The molecule has 0 radical (unpaired) electrons. The van der Waals surface area contributed by atoms with Crippen LogP contribution in [0.25, 0.3) is 4.91 Å². The first-order valence-corrected chi connectivity index (χ1v) is 6.57. The number of nitrogens with one attached hydrogen (secondary N) is 1. The Bertz CT molecular complexity index is 558. The molecule has 0 fully saturated rings. The van der Waals surface area contributed by atoms with E-state index in [1.54, 1.807) is 12.3 Å². The Morgan fingerprint density at radius 3 is 2.89 bits per heavy atom. The van der Waals surface area contributed by atoms with E-state index in [0.717, 1.165) is 16.9 Å². The Kier molecular flexibility index (Phi) is 3.84. The number of thioether (sulfide) groups is 1. The van der Waals surface area contributed by atoms with Crippen molar-refractivity contribution in [2.45, 2.75) is 19.2 Å². The van der Waals surface area contributed by atoms with Gasteiger partial charge in [0.25, 0.3) is 0 Å². The predicted octanol–water partition coefficient (Wildman–Crippen LogP) is 1.33. The fourth-order valence-corrected chi connectivity index (χ4v) is 2.87. The second-order valence-electron chi connectivity index (χ2n) is 4.12. The van der Waals surface area contributed by atoms with Crippen molar-refractivity contribution in [2.24, 2.45) is 0 Å². The van der Waals surface area contributed by atoms with Gasteiger partial charge in [-0.05, 0) is 13.0 Å². The van der Waals surface area contributed by atoms with E-state index in [0.29, 0.717) is 5.69 Å². The summed E-state index contributed by atoms with van der Waals surface area (Å²) in [6.45, 7) is 3.34. The summed E-state index contributed by atoms with van der Waals surface area (Å²) in [6.07, 6.45) is 2.49. The first-order chi connectivity index (χ1) is 9.02. The molecule has 0 spiro atoms. The number of likely N-dealkylation sites (N-methyl/N-ethyl adjacent to an activating group) is 1. The number of aromatic nitrogens is 2. The Morgan fingerprint density at radius 1 is 1.58 bits per heavy atom. The largest absolute Gasteiger partial charge is 0.359 e. The smallest absolute Gasteiger partial charge is 0.229 e. The molecule has 0 saturated carbocycles. The van der Waals surface area contributed by atoms with E-state index in [1.165, 1.54) is 18.7 Å². The van der Waals surface area contributed by atoms with E-state index in [-0.39, 0.29) is 17.2 Å². The van der Waals surface area contributed by atoms with Gasteiger partial charge in [0.15, 0.2) is 6.29 Å². The lowest BCUT2D eigenvalue weighted by Gasteiger charge is -2.16. The molecule has 2 heterocycles. The molecule has 0 aromatic carbocycles. The molecule has 1 N–H and O–H groups in total. The van der Waals surface area contributed by atoms with Crippen molar-refractivity contribution in [1.82, 2.24) is 14.9 Å². The van der Waals surface area contributed by atoms with Crippen molar-refractivity contribution < 1.29 is 9.59 Å². The van der Waals surface area contributed by atoms with Gasteiger partial charge in [-0.15, -0.1) is 0 Å². The number of nitrogens with zero attached hydrogens (tertiary/aromatic N) is 3. The van der Waals surface area contributed by atoms with Gasteiger partial charge in [-0.3, -0.25) is 10.1 Å². The molecule has 1 aromatic heterocycles. The van der Waals surface area contributed by atoms with Crippen LogP contribution < -0.4 is 5.32 Å². The summed E-state index contributed by atoms with van der Waals surface area (Å²) in [5.74, 6) is 0.0490. The topological polar surface area (TPSA) is 75.2 Å². The molecule has 1 amide bonds. The third-order valence-electron chi connectivity index (χ3n) is 2.77. The minimum atomic E-state index is -0.228. The molecule has 19 heavy (non-hydrogen) atoms. The SMILES string of the molecule is CC(=O)Nc1nccc(C2=C(C)N(C)C(C=O)S2)n1. The zero-order chi connectivity index (χ0) is 14.0. The van der Waals surface area contributed by atoms with Crippen LogP contribution in [-0.4, -0.2) is 39.5 Å². The van der Waals surface area contributed by atoms with Crippen LogP contribution in [0.3, 0.4) is 0 Å². The summed E-state index contributed by atoms with van der Waals surface area (Å²) >= 11 is 1.44. The van der Waals surface area contributed by atoms with Crippen LogP contribution >= 0.6 is 11.8 Å². The van der Waals surface area contributed by atoms with E-state index in [4.69, 9.17) is 0 Å². The first kappa shape index (κ1) is 13.5. The molecule has 1 atom stereocenters. The van der Waals surface area contributed by atoms with Crippen molar-refractivity contribution in [2.75, 3.05) is 12.4 Å². The van der Waals surface area contributed by atoms with Crippen molar-refractivity contribution in [1.29, 1.82) is 0 Å². The van der Waals surface area contributed by atoms with Crippen LogP contribution in [0, 0.1) is 0 Å². The van der Waals surface area contributed by atoms with Crippen LogP contribution in [0.15, 0.2) is 18.0 Å². The summed E-state index contributed by atoms with van der Waals surface area (Å²) in [7, 11) is 1.87. The van der Waals surface area contributed by atoms with Crippen LogP contribution in [-0.2, 0) is 9.59 Å². The lowest BCUT2D eigenvalue weighted by atomic mass is 10.3. The maximum absolute atomic E-state index is 11.0. The molecule has 7 heteroatoms. The molecule has 1 unspecified atom stereocenters. The van der Waals surface area contributed by atoms with Crippen molar-refractivity contribution >= 4 is 34.8 Å². The van der Waals surface area contributed by atoms with Gasteiger partial charge in [-0.25, -0.2) is 9.97 Å². The monoisotopic (exact) mass is 278 g/mol. The van der Waals surface area contributed by atoms with Gasteiger partial charge in [0.2, 0.25) is 11.9 Å². The Balaban J connectivity index is 2.32. The van der Waals surface area contributed by atoms with Crippen molar-refractivity contribution in [3.8, 4) is 0 Å². The van der Waals surface area contributed by atoms with E-state index in [1.807, 2.05) is 18.9 Å². The highest BCUT2D eigenvalue weighted by Crippen LogP contribution is 2.41. The molecule has 1 aromatic rings. The number of anilines is 1. The highest BCUT2D eigenvalue weighted by atomic mass is 32.2. The van der Waals surface area contributed by atoms with Gasteiger partial charge in [0, 0.05) is 25.9 Å². The number of carbonyl (C=O) groups excluding carboxylic acids is 2. The van der Waals surface area contributed by atoms with Crippen LogP contribution in [0.4, 0.5) is 5.95 Å². The molecule has 100 valence electrons. The fourth-order valence-electron chi connectivity index (χ4n) is 1.70. The standard InChI is InChI=1S/C12H14N4O2S/c1-7-11(19-10(6-17)16(7)3)9-4-5-13-12(15-9)14-8(2)18/h4-6,10H,1-3H3,(H,13,14,15,18). The maximum Gasteiger partial charge on any atom is 0.229 e. The molecular weight excluding hydrogens is 264 g/mol. The third kappa shape index (κ3) is 2.76. The Hall–Kier alpha value is -1.89. The van der Waals surface area contributed by atoms with Crippen molar-refractivity contribution in [3.63, 3.8) is 0 Å². The van der Waals surface area contributed by atoms with E-state index in [9.17, 15) is 9.59 Å². The number of aldehydes is 1. The molecule has 0 saturated heterocycles. The minimum absolute atomic E-state index is 0.218. The summed E-state index contributed by atoms with van der Waals surface area (Å²) in [5.41, 5.74) is 1.69. The molecule has 0 bridgehead atoms. The fraction of sp³-hybridized carbons (Fsp3) is 0.333. The second kappa shape index (κ2) is 5.40. The molecule has 2 rings (SSSR count). The molecular formula is C12H14N4O2S. The molecule has 1 aliphatic rings. The summed E-state index contributed by atoms with van der Waals surface area (Å²) in [6, 6.07) is 1.76. The van der Waals surface area contributed by atoms with Gasteiger partial charge in [-0.2, -0.15) is 0 Å². The van der Waals surface area contributed by atoms with Gasteiger partial charge in [0.1, 0.15) is 5.37 Å². The van der Waals surface area contributed by atoms with Crippen LogP contribution in [0.1, 0.15) is 19.5 Å². The minimum Gasteiger partial charge on any atom is -0.359 e. The number of allylic oxidation sites excluding steroid dienone is 1. The zero-order valence-electron chi connectivity index (χ0n) is 10.9. The third-order valence-corrected chi connectivity index (χ3v) is 4.18. The maximum atomic E-state index is 11.0. The summed E-state index contributed by atoms with van der Waals surface area (Å²) < 4.78 is 0. The predicted molar refractivity (Wildman–Crippen MR) is 74.1 cm³/mol. The van der Waals surface area contributed by atoms with Gasteiger partial charge in [0.05, 0.1) is 10.6 Å². The van der Waals surface area contributed by atoms with Gasteiger partial charge >= 0.3 is 0 Å². The normalized spacial score (nSPS) is 18.7. The van der Waals surface area contributed by atoms with E-state index < -0.39 is 0 Å². The first-order valence-electron chi connectivity index (χ1n) is 5.69.